The van der Waals surface area contributed by atoms with E-state index in [9.17, 15) is 9.59 Å². The molecule has 2 aromatic heterocycles. The molecule has 1 fully saturated rings. The van der Waals surface area contributed by atoms with Crippen LogP contribution in [0.15, 0.2) is 42.6 Å². The number of ether oxygens (including phenoxy) is 1. The fourth-order valence-corrected chi connectivity index (χ4v) is 6.39. The van der Waals surface area contributed by atoms with E-state index in [1.807, 2.05) is 50.1 Å². The topological polar surface area (TPSA) is 59.5 Å². The van der Waals surface area contributed by atoms with Gasteiger partial charge in [-0.3, -0.25) is 14.6 Å². The normalized spacial score (nSPS) is 16.3. The molecular weight excluding hydrogens is 528 g/mol. The Balaban J connectivity index is 1.50. The van der Waals surface area contributed by atoms with E-state index in [4.69, 9.17) is 16.3 Å². The van der Waals surface area contributed by atoms with Crippen LogP contribution < -0.4 is 0 Å². The Labute approximate surface area is 241 Å². The van der Waals surface area contributed by atoms with Gasteiger partial charge in [-0.15, -0.1) is 11.3 Å². The van der Waals surface area contributed by atoms with Gasteiger partial charge in [-0.2, -0.15) is 0 Å². The number of esters is 1. The summed E-state index contributed by atoms with van der Waals surface area (Å²) in [4.78, 5) is 34.4. The summed E-state index contributed by atoms with van der Waals surface area (Å²) >= 11 is 8.46. The van der Waals surface area contributed by atoms with Crippen LogP contribution in [0.3, 0.4) is 0 Å². The van der Waals surface area contributed by atoms with Gasteiger partial charge in [0.1, 0.15) is 5.60 Å². The summed E-state index contributed by atoms with van der Waals surface area (Å²) in [5.41, 5.74) is 4.32. The second-order valence-electron chi connectivity index (χ2n) is 12.5. The van der Waals surface area contributed by atoms with Crippen molar-refractivity contribution in [2.75, 3.05) is 13.1 Å². The predicted molar refractivity (Wildman–Crippen MR) is 161 cm³/mol. The number of rotatable bonds is 5. The zero-order valence-corrected chi connectivity index (χ0v) is 25.6. The van der Waals surface area contributed by atoms with E-state index < -0.39 is 5.60 Å². The molecule has 7 heteroatoms. The largest absolute Gasteiger partial charge is 0.460 e. The maximum absolute atomic E-state index is 13.4. The van der Waals surface area contributed by atoms with Crippen LogP contribution in [0.25, 0.3) is 21.6 Å². The average molecular weight is 567 g/mol. The summed E-state index contributed by atoms with van der Waals surface area (Å²) in [6.45, 7) is 15.5. The first-order valence-corrected chi connectivity index (χ1v) is 14.8. The number of likely N-dealkylation sites (tertiary alicyclic amines) is 1. The molecule has 3 aromatic rings. The van der Waals surface area contributed by atoms with Gasteiger partial charge in [0.05, 0.1) is 11.4 Å². The number of benzene rings is 1. The number of hydrogen-bond donors (Lipinski definition) is 0. The minimum atomic E-state index is -0.505. The first-order valence-electron chi connectivity index (χ1n) is 13.6. The molecule has 0 aliphatic carbocycles. The Kier molecular flexibility index (Phi) is 8.58. The molecule has 4 rings (SSSR count). The van der Waals surface area contributed by atoms with Crippen molar-refractivity contribution in [3.8, 4) is 21.6 Å². The number of nitrogens with zero attached hydrogens (tertiary/aromatic N) is 2. The first-order chi connectivity index (χ1) is 18.2. The highest BCUT2D eigenvalue weighted by Gasteiger charge is 2.28. The quantitative estimate of drug-likeness (QED) is 0.291. The van der Waals surface area contributed by atoms with Crippen molar-refractivity contribution < 1.29 is 14.3 Å². The molecule has 0 spiro atoms. The Hall–Kier alpha value is -2.70. The lowest BCUT2D eigenvalue weighted by Gasteiger charge is -2.33. The molecule has 39 heavy (non-hydrogen) atoms. The number of thiophene rings is 1. The molecule has 5 nitrogen and oxygen atoms in total. The van der Waals surface area contributed by atoms with E-state index in [2.05, 4.69) is 44.8 Å². The molecule has 0 N–H and O–H groups in total. The summed E-state index contributed by atoms with van der Waals surface area (Å²) in [5, 5.41) is 0.557. The Morgan fingerprint density at radius 2 is 1.82 bits per heavy atom. The van der Waals surface area contributed by atoms with Gasteiger partial charge in [0.15, 0.2) is 0 Å². The third-order valence-corrected chi connectivity index (χ3v) is 8.32. The van der Waals surface area contributed by atoms with Crippen molar-refractivity contribution in [3.63, 3.8) is 0 Å². The van der Waals surface area contributed by atoms with Crippen molar-refractivity contribution in [1.82, 2.24) is 9.88 Å². The molecule has 1 amide bonds. The molecule has 208 valence electrons. The van der Waals surface area contributed by atoms with Crippen LogP contribution in [0.5, 0.6) is 0 Å². The number of piperidine rings is 1. The summed E-state index contributed by atoms with van der Waals surface area (Å²) in [6.07, 6.45) is 3.99. The number of amides is 1. The van der Waals surface area contributed by atoms with Crippen LogP contribution in [0.1, 0.15) is 81.7 Å². The second kappa shape index (κ2) is 11.4. The molecule has 0 saturated carbocycles. The minimum Gasteiger partial charge on any atom is -0.460 e. The number of carbonyl (C=O) groups excluding carboxylic acids is 2. The first kappa shape index (κ1) is 29.3. The highest BCUT2D eigenvalue weighted by molar-refractivity contribution is 7.16. The van der Waals surface area contributed by atoms with E-state index in [-0.39, 0.29) is 23.2 Å². The Morgan fingerprint density at radius 1 is 1.08 bits per heavy atom. The molecule has 1 aliphatic heterocycles. The number of aromatic nitrogens is 1. The standard InChI is InChI=1S/C32H39ClN2O3S/c1-20-25(22-12-13-34-28(17-22)31(2,3)4)18-27(39-20)24-11-10-23(16-26(24)33)30(37)35-14-8-9-21(19-35)15-29(36)38-32(5,6)7/h10-13,16-18,21H,8-9,14-15,19H2,1-7H3. The number of carbonyl (C=O) groups is 2. The van der Waals surface area contributed by atoms with Crippen LogP contribution in [0.4, 0.5) is 0 Å². The molecule has 1 aliphatic rings. The van der Waals surface area contributed by atoms with Gasteiger partial charge >= 0.3 is 5.97 Å². The summed E-state index contributed by atoms with van der Waals surface area (Å²) in [5.74, 6) is -0.153. The minimum absolute atomic E-state index is 0.0292. The second-order valence-corrected chi connectivity index (χ2v) is 14.2. The van der Waals surface area contributed by atoms with Crippen LogP contribution in [0.2, 0.25) is 5.02 Å². The summed E-state index contributed by atoms with van der Waals surface area (Å²) in [6, 6.07) is 12.0. The van der Waals surface area contributed by atoms with Gasteiger partial charge in [-0.1, -0.05) is 38.4 Å². The zero-order valence-electron chi connectivity index (χ0n) is 24.1. The van der Waals surface area contributed by atoms with Crippen LogP contribution in [-0.2, 0) is 14.9 Å². The monoisotopic (exact) mass is 566 g/mol. The number of pyridine rings is 1. The summed E-state index contributed by atoms with van der Waals surface area (Å²) < 4.78 is 5.49. The van der Waals surface area contributed by atoms with Gasteiger partial charge in [-0.05, 0) is 87.9 Å². The third-order valence-electron chi connectivity index (χ3n) is 6.92. The maximum atomic E-state index is 13.4. The summed E-state index contributed by atoms with van der Waals surface area (Å²) in [7, 11) is 0. The lowest BCUT2D eigenvalue weighted by Crippen LogP contribution is -2.41. The number of aryl methyl sites for hydroxylation is 1. The van der Waals surface area contributed by atoms with E-state index in [0.29, 0.717) is 30.1 Å². The number of hydrogen-bond acceptors (Lipinski definition) is 5. The SMILES string of the molecule is Cc1sc(-c2ccc(C(=O)N3CCCC(CC(=O)OC(C)(C)C)C3)cc2Cl)cc1-c1ccnc(C(C)(C)C)c1. The third kappa shape index (κ3) is 7.29. The van der Waals surface area contributed by atoms with Gasteiger partial charge in [0.2, 0.25) is 0 Å². The fraction of sp³-hybridized carbons (Fsp3) is 0.469. The highest BCUT2D eigenvalue weighted by Crippen LogP contribution is 2.40. The van der Waals surface area contributed by atoms with Gasteiger partial charge in [-0.25, -0.2) is 0 Å². The molecule has 1 atom stereocenters. The molecule has 1 saturated heterocycles. The van der Waals surface area contributed by atoms with Crippen LogP contribution in [0, 0.1) is 12.8 Å². The maximum Gasteiger partial charge on any atom is 0.306 e. The number of halogens is 1. The van der Waals surface area contributed by atoms with Crippen molar-refractivity contribution >= 4 is 34.8 Å². The van der Waals surface area contributed by atoms with Crippen molar-refractivity contribution in [2.45, 2.75) is 78.7 Å². The zero-order chi connectivity index (χ0) is 28.5. The lowest BCUT2D eigenvalue weighted by molar-refractivity contribution is -0.156. The average Bonchev–Trinajstić information content (AvgIpc) is 3.23. The van der Waals surface area contributed by atoms with Gasteiger partial charge in [0, 0.05) is 51.3 Å². The highest BCUT2D eigenvalue weighted by atomic mass is 35.5. The molecule has 0 radical (unpaired) electrons. The molecule has 1 aromatic carbocycles. The molecule has 3 heterocycles. The van der Waals surface area contributed by atoms with Gasteiger partial charge < -0.3 is 9.64 Å². The van der Waals surface area contributed by atoms with Crippen LogP contribution >= 0.6 is 22.9 Å². The van der Waals surface area contributed by atoms with E-state index in [0.717, 1.165) is 34.5 Å². The molecule has 0 bridgehead atoms. The smallest absolute Gasteiger partial charge is 0.306 e. The Morgan fingerprint density at radius 3 is 2.49 bits per heavy atom. The van der Waals surface area contributed by atoms with Crippen molar-refractivity contribution in [3.05, 3.63) is 63.8 Å². The molecule has 1 unspecified atom stereocenters. The van der Waals surface area contributed by atoms with E-state index in [1.54, 1.807) is 17.4 Å². The van der Waals surface area contributed by atoms with E-state index in [1.165, 1.54) is 10.4 Å². The lowest BCUT2D eigenvalue weighted by atomic mass is 9.90. The predicted octanol–water partition coefficient (Wildman–Crippen LogP) is 8.32. The fourth-order valence-electron chi connectivity index (χ4n) is 4.98. The molecular formula is C32H39ClN2O3S. The van der Waals surface area contributed by atoms with Gasteiger partial charge in [0.25, 0.3) is 5.91 Å². The van der Waals surface area contributed by atoms with Crippen LogP contribution in [-0.4, -0.2) is 40.5 Å². The van der Waals surface area contributed by atoms with Crippen molar-refractivity contribution in [2.24, 2.45) is 5.92 Å². The van der Waals surface area contributed by atoms with E-state index >= 15 is 0 Å². The van der Waals surface area contributed by atoms with Crippen molar-refractivity contribution in [1.29, 1.82) is 0 Å². The Bertz CT molecular complexity index is 1370.